The minimum atomic E-state index is -0.995. The van der Waals surface area contributed by atoms with E-state index in [9.17, 15) is 4.79 Å². The quantitative estimate of drug-likeness (QED) is 0.0757. The third kappa shape index (κ3) is 22.1. The Labute approximate surface area is 205 Å². The number of allylic oxidation sites excluding steroid dienone is 1. The second-order valence-electron chi connectivity index (χ2n) is 8.82. The number of nitrogens with zero attached hydrogens (tertiary/aromatic N) is 3. The van der Waals surface area contributed by atoms with Gasteiger partial charge in [0.05, 0.1) is 46.2 Å². The molecule has 0 heterocycles. The van der Waals surface area contributed by atoms with E-state index in [2.05, 4.69) is 43.0 Å². The number of hydrogen-bond acceptors (Lipinski definition) is 7. The molecule has 1 amide bonds. The van der Waals surface area contributed by atoms with Crippen LogP contribution in [0, 0.1) is 11.8 Å². The van der Waals surface area contributed by atoms with Gasteiger partial charge in [0.1, 0.15) is 5.72 Å². The highest BCUT2D eigenvalue weighted by atomic mass is 16.6. The summed E-state index contributed by atoms with van der Waals surface area (Å²) in [5, 5.41) is 6.57. The van der Waals surface area contributed by atoms with Crippen LogP contribution in [0.1, 0.15) is 53.9 Å². The van der Waals surface area contributed by atoms with E-state index in [0.717, 1.165) is 13.0 Å². The van der Waals surface area contributed by atoms with Gasteiger partial charge in [-0.3, -0.25) is 4.79 Å². The molecule has 10 nitrogen and oxygen atoms in total. The zero-order valence-corrected chi connectivity index (χ0v) is 21.8. The monoisotopic (exact) mass is 486 g/mol. The molecular formula is C24H46N4O6. The summed E-state index contributed by atoms with van der Waals surface area (Å²) in [6.07, 6.45) is 5.78. The SMILES string of the molecule is CC(C)/C=C/CNC(=O)CCOCCOCCOC(C)(CCOCCOCCC(C)C)N=[N+]=[N-]. The Kier molecular flexibility index (Phi) is 20.7. The average Bonchev–Trinajstić information content (AvgIpc) is 2.77. The Balaban J connectivity index is 3.72. The van der Waals surface area contributed by atoms with Gasteiger partial charge in [0, 0.05) is 37.5 Å². The lowest BCUT2D eigenvalue weighted by Gasteiger charge is -2.24. The predicted octanol–water partition coefficient (Wildman–Crippen LogP) is 4.25. The van der Waals surface area contributed by atoms with Crippen molar-refractivity contribution >= 4 is 5.91 Å². The van der Waals surface area contributed by atoms with Crippen LogP contribution in [0.15, 0.2) is 17.3 Å². The average molecular weight is 487 g/mol. The summed E-state index contributed by atoms with van der Waals surface area (Å²) in [6.45, 7) is 14.7. The molecule has 198 valence electrons. The Morgan fingerprint density at radius 2 is 1.53 bits per heavy atom. The molecule has 0 aliphatic rings. The van der Waals surface area contributed by atoms with Gasteiger partial charge in [0.15, 0.2) is 0 Å². The third-order valence-corrected chi connectivity index (χ3v) is 4.60. The molecule has 0 fully saturated rings. The number of hydrogen-bond donors (Lipinski definition) is 1. The molecule has 0 saturated heterocycles. The summed E-state index contributed by atoms with van der Waals surface area (Å²) >= 11 is 0. The zero-order valence-electron chi connectivity index (χ0n) is 21.8. The van der Waals surface area contributed by atoms with E-state index in [1.165, 1.54) is 0 Å². The van der Waals surface area contributed by atoms with Crippen LogP contribution in [0.5, 0.6) is 0 Å². The maximum Gasteiger partial charge on any atom is 0.222 e. The van der Waals surface area contributed by atoms with Crippen LogP contribution >= 0.6 is 0 Å². The van der Waals surface area contributed by atoms with Gasteiger partial charge in [-0.1, -0.05) is 45.0 Å². The Hall–Kier alpha value is -1.68. The van der Waals surface area contributed by atoms with Crippen LogP contribution in [-0.2, 0) is 28.5 Å². The second kappa shape index (κ2) is 21.8. The maximum atomic E-state index is 11.7. The van der Waals surface area contributed by atoms with Crippen molar-refractivity contribution in [3.8, 4) is 0 Å². The number of amides is 1. The van der Waals surface area contributed by atoms with Crippen molar-refractivity contribution in [1.29, 1.82) is 0 Å². The van der Waals surface area contributed by atoms with E-state index >= 15 is 0 Å². The molecule has 0 spiro atoms. The molecule has 0 rings (SSSR count). The standard InChI is InChI=1S/C24H46N4O6/c1-21(2)7-6-11-26-23(29)9-13-31-16-18-33-19-20-34-24(5,27-28-25)10-14-32-17-15-30-12-8-22(3)4/h6-7,21-22H,8-20H2,1-5H3,(H,26,29)/b7-6+. The number of rotatable bonds is 23. The number of carbonyl (C=O) groups excluding carboxylic acids is 1. The van der Waals surface area contributed by atoms with E-state index in [1.807, 2.05) is 12.2 Å². The molecule has 0 bridgehead atoms. The summed E-state index contributed by atoms with van der Waals surface area (Å²) in [5.74, 6) is 1.06. The molecule has 1 atom stereocenters. The molecule has 10 heteroatoms. The van der Waals surface area contributed by atoms with Gasteiger partial charge in [0.25, 0.3) is 0 Å². The van der Waals surface area contributed by atoms with E-state index in [4.69, 9.17) is 29.2 Å². The van der Waals surface area contributed by atoms with Crippen molar-refractivity contribution in [3.05, 3.63) is 22.6 Å². The van der Waals surface area contributed by atoms with Crippen LogP contribution in [0.3, 0.4) is 0 Å². The first-order valence-electron chi connectivity index (χ1n) is 12.2. The van der Waals surface area contributed by atoms with E-state index in [0.29, 0.717) is 77.5 Å². The van der Waals surface area contributed by atoms with Crippen molar-refractivity contribution in [3.63, 3.8) is 0 Å². The molecule has 0 saturated carbocycles. The largest absolute Gasteiger partial charge is 0.379 e. The van der Waals surface area contributed by atoms with Gasteiger partial charge in [-0.05, 0) is 30.7 Å². The van der Waals surface area contributed by atoms with Crippen LogP contribution < -0.4 is 5.32 Å². The smallest absolute Gasteiger partial charge is 0.222 e. The summed E-state index contributed by atoms with van der Waals surface area (Å²) in [5.41, 5.74) is 7.83. The van der Waals surface area contributed by atoms with Crippen LogP contribution in [0.4, 0.5) is 0 Å². The second-order valence-corrected chi connectivity index (χ2v) is 8.82. The molecular weight excluding hydrogens is 440 g/mol. The lowest BCUT2D eigenvalue weighted by molar-refractivity contribution is -0.122. The third-order valence-electron chi connectivity index (χ3n) is 4.60. The van der Waals surface area contributed by atoms with Gasteiger partial charge in [-0.15, -0.1) is 0 Å². The Morgan fingerprint density at radius 3 is 2.15 bits per heavy atom. The summed E-state index contributed by atoms with van der Waals surface area (Å²) in [4.78, 5) is 14.5. The van der Waals surface area contributed by atoms with Crippen LogP contribution in [0.25, 0.3) is 10.4 Å². The van der Waals surface area contributed by atoms with Crippen molar-refractivity contribution in [1.82, 2.24) is 5.32 Å². The minimum absolute atomic E-state index is 0.0392. The van der Waals surface area contributed by atoms with Gasteiger partial charge >= 0.3 is 0 Å². The first kappa shape index (κ1) is 32.3. The Bertz CT molecular complexity index is 582. The highest BCUT2D eigenvalue weighted by Gasteiger charge is 2.23. The molecule has 1 N–H and O–H groups in total. The molecule has 0 aliphatic heterocycles. The number of nitrogens with one attached hydrogen (secondary N) is 1. The highest BCUT2D eigenvalue weighted by Crippen LogP contribution is 2.17. The van der Waals surface area contributed by atoms with Crippen LogP contribution in [0.2, 0.25) is 0 Å². The zero-order chi connectivity index (χ0) is 25.5. The topological polar surface area (TPSA) is 124 Å². The van der Waals surface area contributed by atoms with Crippen molar-refractivity contribution < 1.29 is 28.5 Å². The lowest BCUT2D eigenvalue weighted by Crippen LogP contribution is -2.29. The van der Waals surface area contributed by atoms with E-state index < -0.39 is 5.72 Å². The summed E-state index contributed by atoms with van der Waals surface area (Å²) in [6, 6.07) is 0. The van der Waals surface area contributed by atoms with Crippen molar-refractivity contribution in [2.75, 3.05) is 66.0 Å². The van der Waals surface area contributed by atoms with Gasteiger partial charge < -0.3 is 29.0 Å². The fourth-order valence-electron chi connectivity index (χ4n) is 2.56. The predicted molar refractivity (Wildman–Crippen MR) is 132 cm³/mol. The fraction of sp³-hybridized carbons (Fsp3) is 0.875. The van der Waals surface area contributed by atoms with Gasteiger partial charge in [-0.2, -0.15) is 0 Å². The molecule has 0 radical (unpaired) electrons. The van der Waals surface area contributed by atoms with Crippen LogP contribution in [-0.4, -0.2) is 77.6 Å². The normalized spacial score (nSPS) is 13.4. The molecule has 0 aliphatic carbocycles. The molecule has 1 unspecified atom stereocenters. The maximum absolute atomic E-state index is 11.7. The highest BCUT2D eigenvalue weighted by molar-refractivity contribution is 5.76. The van der Waals surface area contributed by atoms with Gasteiger partial charge in [0.2, 0.25) is 5.91 Å². The number of azide groups is 1. The number of carbonyl (C=O) groups is 1. The molecule has 0 aromatic heterocycles. The first-order chi connectivity index (χ1) is 16.3. The van der Waals surface area contributed by atoms with Gasteiger partial charge in [-0.25, -0.2) is 0 Å². The van der Waals surface area contributed by atoms with E-state index in [-0.39, 0.29) is 12.5 Å². The molecule has 0 aromatic carbocycles. The molecule has 34 heavy (non-hydrogen) atoms. The molecule has 0 aromatic rings. The Morgan fingerprint density at radius 1 is 0.941 bits per heavy atom. The fourth-order valence-corrected chi connectivity index (χ4v) is 2.56. The number of ether oxygens (including phenoxy) is 5. The van der Waals surface area contributed by atoms with E-state index in [1.54, 1.807) is 6.92 Å². The summed E-state index contributed by atoms with van der Waals surface area (Å²) in [7, 11) is 0. The first-order valence-corrected chi connectivity index (χ1v) is 12.2. The van der Waals surface area contributed by atoms with Crippen molar-refractivity contribution in [2.45, 2.75) is 59.6 Å². The lowest BCUT2D eigenvalue weighted by atomic mass is 10.1. The minimum Gasteiger partial charge on any atom is -0.379 e. The summed E-state index contributed by atoms with van der Waals surface area (Å²) < 4.78 is 27.6. The van der Waals surface area contributed by atoms with Crippen molar-refractivity contribution in [2.24, 2.45) is 17.0 Å².